The minimum atomic E-state index is -4.15. The molecule has 0 aliphatic carbocycles. The normalized spacial score (nSPS) is 11.4. The lowest BCUT2D eigenvalue weighted by atomic mass is 10.0. The molecule has 0 saturated carbocycles. The molecule has 0 spiro atoms. The predicted octanol–water partition coefficient (Wildman–Crippen LogP) is 4.34. The fraction of sp³-hybridized carbons (Fsp3) is 0.348. The molecule has 0 bridgehead atoms. The number of nitriles is 1. The van der Waals surface area contributed by atoms with Gasteiger partial charge in [0.1, 0.15) is 10.0 Å². The summed E-state index contributed by atoms with van der Waals surface area (Å²) < 4.78 is 34.2. The van der Waals surface area contributed by atoms with Gasteiger partial charge in [-0.1, -0.05) is 32.9 Å². The van der Waals surface area contributed by atoms with Crippen molar-refractivity contribution in [1.82, 2.24) is 14.3 Å². The number of nitrogens with one attached hydrogen (secondary N) is 1. The number of ether oxygens (including phenoxy) is 1. The number of methoxy groups -OCH3 is 1. The van der Waals surface area contributed by atoms with Crippen LogP contribution in [-0.2, 0) is 34.1 Å². The van der Waals surface area contributed by atoms with Crippen molar-refractivity contribution in [3.05, 3.63) is 58.5 Å². The Labute approximate surface area is 197 Å². The Kier molecular flexibility index (Phi) is 7.56. The predicted molar refractivity (Wildman–Crippen MR) is 126 cm³/mol. The summed E-state index contributed by atoms with van der Waals surface area (Å²) in [5.74, 6) is 1.24. The van der Waals surface area contributed by atoms with Crippen molar-refractivity contribution in [1.29, 1.82) is 5.26 Å². The molecule has 0 unspecified atom stereocenters. The number of carbonyl (C=O) groups is 1. The topological polar surface area (TPSA) is 114 Å². The molecular formula is C23H26N4O4S2. The number of carbonyl (C=O) groups excluding carboxylic acids is 1. The molecule has 8 nitrogen and oxygen atoms in total. The fourth-order valence-corrected chi connectivity index (χ4v) is 6.36. The Morgan fingerprint density at radius 2 is 2.09 bits per heavy atom. The summed E-state index contributed by atoms with van der Waals surface area (Å²) in [5.41, 5.74) is 2.30. The molecule has 3 aromatic rings. The van der Waals surface area contributed by atoms with E-state index in [2.05, 4.69) is 15.8 Å². The van der Waals surface area contributed by atoms with Gasteiger partial charge in [0.05, 0.1) is 25.3 Å². The van der Waals surface area contributed by atoms with Crippen LogP contribution in [0.3, 0.4) is 0 Å². The summed E-state index contributed by atoms with van der Waals surface area (Å²) in [6.45, 7) is 6.60. The second kappa shape index (κ2) is 10.2. The van der Waals surface area contributed by atoms with Gasteiger partial charge in [-0.05, 0) is 35.6 Å². The van der Waals surface area contributed by atoms with Crippen molar-refractivity contribution in [2.24, 2.45) is 5.92 Å². The van der Waals surface area contributed by atoms with Gasteiger partial charge in [-0.2, -0.15) is 5.26 Å². The third-order valence-electron chi connectivity index (χ3n) is 5.01. The van der Waals surface area contributed by atoms with Gasteiger partial charge in [0.25, 0.3) is 10.0 Å². The highest BCUT2D eigenvalue weighted by Crippen LogP contribution is 2.37. The first-order valence-electron chi connectivity index (χ1n) is 10.4. The minimum absolute atomic E-state index is 0.0167. The maximum absolute atomic E-state index is 12.9. The second-order valence-corrected chi connectivity index (χ2v) is 10.9. The Morgan fingerprint density at radius 1 is 1.33 bits per heavy atom. The van der Waals surface area contributed by atoms with Crippen LogP contribution in [-0.4, -0.2) is 31.2 Å². The number of amides is 1. The Hall–Kier alpha value is -3.16. The van der Waals surface area contributed by atoms with Gasteiger partial charge in [0, 0.05) is 29.3 Å². The van der Waals surface area contributed by atoms with Crippen LogP contribution in [0, 0.1) is 17.2 Å². The molecule has 1 aromatic carbocycles. The number of hydrogen-bond donors (Lipinski definition) is 1. The monoisotopic (exact) mass is 486 g/mol. The molecule has 0 aliphatic heterocycles. The summed E-state index contributed by atoms with van der Waals surface area (Å²) >= 11 is 1.11. The van der Waals surface area contributed by atoms with E-state index >= 15 is 0 Å². The Balaban J connectivity index is 2.06. The number of sulfonamides is 1. The van der Waals surface area contributed by atoms with Crippen molar-refractivity contribution in [3.8, 4) is 17.2 Å². The first-order valence-corrected chi connectivity index (χ1v) is 12.7. The molecular weight excluding hydrogens is 460 g/mol. The van der Waals surface area contributed by atoms with E-state index in [9.17, 15) is 18.5 Å². The van der Waals surface area contributed by atoms with Crippen molar-refractivity contribution in [2.75, 3.05) is 7.11 Å². The molecule has 3 rings (SSSR count). The molecule has 2 aromatic heterocycles. The number of thiophene rings is 1. The van der Waals surface area contributed by atoms with Crippen LogP contribution < -0.4 is 4.72 Å². The van der Waals surface area contributed by atoms with Gasteiger partial charge in [-0.15, -0.1) is 11.3 Å². The van der Waals surface area contributed by atoms with E-state index < -0.39 is 16.1 Å². The lowest BCUT2D eigenvalue weighted by Crippen LogP contribution is -2.30. The van der Waals surface area contributed by atoms with E-state index in [0.717, 1.165) is 41.1 Å². The molecule has 1 amide bonds. The van der Waals surface area contributed by atoms with E-state index in [4.69, 9.17) is 0 Å². The number of imidazole rings is 1. The highest BCUT2D eigenvalue weighted by molar-refractivity contribution is 7.92. The van der Waals surface area contributed by atoms with Crippen LogP contribution in [0.2, 0.25) is 0 Å². The van der Waals surface area contributed by atoms with Crippen LogP contribution in [0.25, 0.3) is 11.1 Å². The molecule has 1 N–H and O–H groups in total. The molecule has 2 heterocycles. The van der Waals surface area contributed by atoms with E-state index in [1.807, 2.05) is 48.4 Å². The van der Waals surface area contributed by atoms with Crippen molar-refractivity contribution >= 4 is 27.5 Å². The van der Waals surface area contributed by atoms with E-state index in [1.54, 1.807) is 18.3 Å². The van der Waals surface area contributed by atoms with Crippen molar-refractivity contribution in [3.63, 3.8) is 0 Å². The Morgan fingerprint density at radius 3 is 2.73 bits per heavy atom. The average Bonchev–Trinajstić information content (AvgIpc) is 3.40. The molecule has 33 heavy (non-hydrogen) atoms. The lowest BCUT2D eigenvalue weighted by Gasteiger charge is -2.11. The number of nitrogens with zero attached hydrogens (tertiary/aromatic N) is 3. The van der Waals surface area contributed by atoms with Crippen LogP contribution in [0.4, 0.5) is 4.79 Å². The van der Waals surface area contributed by atoms with Crippen LogP contribution >= 0.6 is 11.3 Å². The number of aryl methyl sites for hydroxylation is 1. The zero-order chi connectivity index (χ0) is 24.2. The van der Waals surface area contributed by atoms with Crippen LogP contribution in [0.15, 0.2) is 40.9 Å². The molecule has 0 saturated heterocycles. The quantitative estimate of drug-likeness (QED) is 0.507. The maximum atomic E-state index is 12.9. The van der Waals surface area contributed by atoms with Crippen LogP contribution in [0.1, 0.15) is 42.6 Å². The van der Waals surface area contributed by atoms with E-state index in [-0.39, 0.29) is 4.21 Å². The summed E-state index contributed by atoms with van der Waals surface area (Å²) in [4.78, 5) is 16.8. The second-order valence-electron chi connectivity index (χ2n) is 7.92. The first kappa shape index (κ1) is 24.5. The number of aromatic nitrogens is 2. The molecule has 0 radical (unpaired) electrons. The number of rotatable bonds is 8. The van der Waals surface area contributed by atoms with Gasteiger partial charge in [-0.25, -0.2) is 22.9 Å². The largest absolute Gasteiger partial charge is 0.452 e. The third kappa shape index (κ3) is 5.61. The highest BCUT2D eigenvalue weighted by atomic mass is 32.2. The highest BCUT2D eigenvalue weighted by Gasteiger charge is 2.26. The van der Waals surface area contributed by atoms with Crippen molar-refractivity contribution < 1.29 is 17.9 Å². The zero-order valence-electron chi connectivity index (χ0n) is 19.0. The average molecular weight is 487 g/mol. The van der Waals surface area contributed by atoms with Gasteiger partial charge in [0.2, 0.25) is 0 Å². The summed E-state index contributed by atoms with van der Waals surface area (Å²) in [6.07, 6.45) is 4.00. The summed E-state index contributed by atoms with van der Waals surface area (Å²) in [5, 5.41) is 9.79. The van der Waals surface area contributed by atoms with Gasteiger partial charge in [0.15, 0.2) is 0 Å². The van der Waals surface area contributed by atoms with E-state index in [0.29, 0.717) is 35.6 Å². The third-order valence-corrected chi connectivity index (χ3v) is 8.01. The lowest BCUT2D eigenvalue weighted by molar-refractivity contribution is 0.177. The fourth-order valence-electron chi connectivity index (χ4n) is 3.49. The molecule has 0 fully saturated rings. The van der Waals surface area contributed by atoms with Gasteiger partial charge >= 0.3 is 6.09 Å². The molecule has 0 atom stereocenters. The number of hydrogen-bond acceptors (Lipinski definition) is 7. The van der Waals surface area contributed by atoms with Crippen LogP contribution in [0.5, 0.6) is 0 Å². The van der Waals surface area contributed by atoms with Crippen molar-refractivity contribution in [2.45, 2.75) is 44.4 Å². The SMILES string of the molecule is CCc1nccn1Cc1ccc(-c2cc(CC(C)C)sc2S(=O)(=O)NC(=O)OC)cc1C#N. The smallest absolute Gasteiger partial charge is 0.420 e. The van der Waals surface area contributed by atoms with Gasteiger partial charge in [-0.3, -0.25) is 0 Å². The summed E-state index contributed by atoms with van der Waals surface area (Å²) in [6, 6.07) is 9.37. The molecule has 174 valence electrons. The first-order chi connectivity index (χ1) is 15.7. The zero-order valence-corrected chi connectivity index (χ0v) is 20.6. The Bertz CT molecular complexity index is 1300. The molecule has 0 aliphatic rings. The van der Waals surface area contributed by atoms with E-state index in [1.165, 1.54) is 0 Å². The standard InChI is InChI=1S/C23H26N4O4S2/c1-5-21-25-8-9-27(21)14-17-7-6-16(11-18(17)13-24)20-12-19(10-15(2)3)32-22(20)33(29,30)26-23(28)31-4/h6-9,11-12,15H,5,10,14H2,1-4H3,(H,26,28). The minimum Gasteiger partial charge on any atom is -0.452 e. The summed E-state index contributed by atoms with van der Waals surface area (Å²) in [7, 11) is -3.04. The number of benzene rings is 1. The van der Waals surface area contributed by atoms with Gasteiger partial charge < -0.3 is 9.30 Å². The molecule has 10 heteroatoms. The maximum Gasteiger partial charge on any atom is 0.420 e.